The van der Waals surface area contributed by atoms with Gasteiger partial charge in [-0.3, -0.25) is 19.3 Å². The largest absolute Gasteiger partial charge is 0.353 e. The van der Waals surface area contributed by atoms with Gasteiger partial charge in [-0.2, -0.15) is 0 Å². The van der Waals surface area contributed by atoms with Crippen molar-refractivity contribution in [2.45, 2.75) is 70.5 Å². The summed E-state index contributed by atoms with van der Waals surface area (Å²) in [6, 6.07) is 11.2. The molecule has 2 aliphatic rings. The molecule has 2 heterocycles. The predicted octanol–water partition coefficient (Wildman–Crippen LogP) is 2.62. The number of nitrogens with one attached hydrogen (secondary N) is 1. The highest BCUT2D eigenvalue weighted by atomic mass is 16.2. The van der Waals surface area contributed by atoms with Crippen molar-refractivity contribution < 1.29 is 19.7 Å². The molecule has 0 radical (unpaired) electrons. The van der Waals surface area contributed by atoms with Crippen molar-refractivity contribution in [2.75, 3.05) is 6.54 Å². The number of nitrogens with zero attached hydrogens (tertiary/aromatic N) is 1. The van der Waals surface area contributed by atoms with E-state index in [1.54, 1.807) is 12.1 Å². The Hall–Kier alpha value is -2.73. The number of amides is 3. The van der Waals surface area contributed by atoms with Crippen LogP contribution < -0.4 is 10.6 Å². The summed E-state index contributed by atoms with van der Waals surface area (Å²) >= 11 is 0. The zero-order chi connectivity index (χ0) is 22.4. The number of carbonyl (C=O) groups is 3. The van der Waals surface area contributed by atoms with Gasteiger partial charge in [-0.05, 0) is 51.6 Å². The standard InChI is InChI=1S/C25H31N3O3/c1-24(2)14-17(15-25(3,4)27-24)26-20(29)12-7-13-28-22(30)18-10-5-8-16-9-6-11-19(21(16)18)23(28)31/h5-6,8-11,17,27H,7,12-15H2,1-4H3,(H,26,29)/p+1. The third kappa shape index (κ3) is 4.35. The van der Waals surface area contributed by atoms with Crippen molar-refractivity contribution in [3.8, 4) is 0 Å². The summed E-state index contributed by atoms with van der Waals surface area (Å²) in [5.74, 6) is -0.569. The first-order valence-corrected chi connectivity index (χ1v) is 11.1. The number of benzene rings is 2. The van der Waals surface area contributed by atoms with E-state index in [4.69, 9.17) is 0 Å². The van der Waals surface area contributed by atoms with E-state index in [1.165, 1.54) is 4.90 Å². The highest BCUT2D eigenvalue weighted by Crippen LogP contribution is 2.30. The molecule has 0 aliphatic carbocycles. The van der Waals surface area contributed by atoms with Crippen LogP contribution in [0.4, 0.5) is 0 Å². The number of piperidine rings is 1. The van der Waals surface area contributed by atoms with Gasteiger partial charge < -0.3 is 10.6 Å². The van der Waals surface area contributed by atoms with Crippen LogP contribution in [-0.4, -0.2) is 46.3 Å². The van der Waals surface area contributed by atoms with Gasteiger partial charge in [0, 0.05) is 48.4 Å². The predicted molar refractivity (Wildman–Crippen MR) is 120 cm³/mol. The summed E-state index contributed by atoms with van der Waals surface area (Å²) in [5, 5.41) is 7.18. The summed E-state index contributed by atoms with van der Waals surface area (Å²) in [6.45, 7) is 9.07. The van der Waals surface area contributed by atoms with Crippen LogP contribution in [0.5, 0.6) is 0 Å². The smallest absolute Gasteiger partial charge is 0.261 e. The minimum absolute atomic E-state index is 0.0158. The van der Waals surface area contributed by atoms with E-state index in [0.29, 0.717) is 24.0 Å². The van der Waals surface area contributed by atoms with Crippen LogP contribution in [0, 0.1) is 0 Å². The molecule has 0 bridgehead atoms. The van der Waals surface area contributed by atoms with Gasteiger partial charge in [0.15, 0.2) is 0 Å². The summed E-state index contributed by atoms with van der Waals surface area (Å²) in [5.41, 5.74) is 1.28. The van der Waals surface area contributed by atoms with E-state index in [9.17, 15) is 14.4 Å². The molecular formula is C25H32N3O3+. The van der Waals surface area contributed by atoms with Crippen molar-refractivity contribution in [2.24, 2.45) is 0 Å². The molecular weight excluding hydrogens is 390 g/mol. The van der Waals surface area contributed by atoms with Gasteiger partial charge in [0.2, 0.25) is 5.91 Å². The van der Waals surface area contributed by atoms with Gasteiger partial charge in [0.25, 0.3) is 11.8 Å². The third-order valence-electron chi connectivity index (χ3n) is 6.33. The Morgan fingerprint density at radius 1 is 1.00 bits per heavy atom. The molecule has 0 aromatic heterocycles. The minimum Gasteiger partial charge on any atom is -0.353 e. The first-order chi connectivity index (χ1) is 14.6. The van der Waals surface area contributed by atoms with Crippen molar-refractivity contribution in [3.63, 3.8) is 0 Å². The summed E-state index contributed by atoms with van der Waals surface area (Å²) in [4.78, 5) is 39.8. The Balaban J connectivity index is 1.37. The molecule has 164 valence electrons. The highest BCUT2D eigenvalue weighted by molar-refractivity contribution is 6.25. The number of carbonyl (C=O) groups excluding carboxylic acids is 3. The molecule has 6 heteroatoms. The normalized spacial score (nSPS) is 20.2. The lowest BCUT2D eigenvalue weighted by Gasteiger charge is -2.43. The van der Waals surface area contributed by atoms with Crippen molar-refractivity contribution in [1.29, 1.82) is 0 Å². The Bertz CT molecular complexity index is 990. The van der Waals surface area contributed by atoms with E-state index in [1.807, 2.05) is 24.3 Å². The maximum atomic E-state index is 13.0. The van der Waals surface area contributed by atoms with Crippen LogP contribution in [0.1, 0.15) is 74.1 Å². The Kier molecular flexibility index (Phi) is 5.38. The molecule has 4 rings (SSSR count). The lowest BCUT2D eigenvalue weighted by atomic mass is 9.79. The van der Waals surface area contributed by atoms with Gasteiger partial charge in [0.1, 0.15) is 0 Å². The van der Waals surface area contributed by atoms with Crippen molar-refractivity contribution in [1.82, 2.24) is 10.2 Å². The van der Waals surface area contributed by atoms with Gasteiger partial charge in [-0.15, -0.1) is 0 Å². The average Bonchev–Trinajstić information content (AvgIpc) is 2.66. The molecule has 6 nitrogen and oxygen atoms in total. The maximum absolute atomic E-state index is 13.0. The third-order valence-corrected chi connectivity index (χ3v) is 6.33. The second kappa shape index (κ2) is 7.75. The van der Waals surface area contributed by atoms with E-state index in [0.717, 1.165) is 23.6 Å². The first-order valence-electron chi connectivity index (χ1n) is 11.1. The second-order valence-electron chi connectivity index (χ2n) is 10.4. The fourth-order valence-corrected chi connectivity index (χ4v) is 5.60. The SMILES string of the molecule is CC1(C)CC(NC(=O)CCCN2C(=O)c3cccc4cccc(c34)C2=O)CC(C)(C)[NH2+]1. The van der Waals surface area contributed by atoms with Crippen LogP contribution in [0.2, 0.25) is 0 Å². The van der Waals surface area contributed by atoms with Crippen LogP contribution in [0.3, 0.4) is 0 Å². The maximum Gasteiger partial charge on any atom is 0.261 e. The molecule has 0 atom stereocenters. The van der Waals surface area contributed by atoms with Crippen LogP contribution in [0.25, 0.3) is 10.8 Å². The number of imide groups is 1. The summed E-state index contributed by atoms with van der Waals surface area (Å²) < 4.78 is 0. The molecule has 2 aromatic rings. The van der Waals surface area contributed by atoms with Gasteiger partial charge in [-0.1, -0.05) is 24.3 Å². The fourth-order valence-electron chi connectivity index (χ4n) is 5.60. The van der Waals surface area contributed by atoms with E-state index >= 15 is 0 Å². The molecule has 0 spiro atoms. The van der Waals surface area contributed by atoms with E-state index in [-0.39, 0.29) is 41.4 Å². The monoisotopic (exact) mass is 422 g/mol. The number of nitrogens with two attached hydrogens (primary N) is 1. The first kappa shape index (κ1) is 21.5. The quantitative estimate of drug-likeness (QED) is 0.727. The summed E-state index contributed by atoms with van der Waals surface area (Å²) in [6.07, 6.45) is 2.59. The van der Waals surface area contributed by atoms with Gasteiger partial charge in [0.05, 0.1) is 11.1 Å². The molecule has 3 amide bonds. The molecule has 2 aromatic carbocycles. The zero-order valence-electron chi connectivity index (χ0n) is 18.8. The molecule has 0 saturated carbocycles. The number of hydrogen-bond acceptors (Lipinski definition) is 3. The molecule has 2 aliphatic heterocycles. The summed E-state index contributed by atoms with van der Waals surface area (Å²) in [7, 11) is 0. The molecule has 3 N–H and O–H groups in total. The van der Waals surface area contributed by atoms with Crippen LogP contribution in [0.15, 0.2) is 36.4 Å². The Morgan fingerprint density at radius 2 is 1.55 bits per heavy atom. The topological polar surface area (TPSA) is 83.1 Å². The molecule has 31 heavy (non-hydrogen) atoms. The molecule has 1 fully saturated rings. The second-order valence-corrected chi connectivity index (χ2v) is 10.4. The fraction of sp³-hybridized carbons (Fsp3) is 0.480. The Morgan fingerprint density at radius 3 is 2.10 bits per heavy atom. The van der Waals surface area contributed by atoms with Crippen LogP contribution in [-0.2, 0) is 4.79 Å². The lowest BCUT2D eigenvalue weighted by molar-refractivity contribution is -0.787. The lowest BCUT2D eigenvalue weighted by Crippen LogP contribution is -3.06. The zero-order valence-corrected chi connectivity index (χ0v) is 18.8. The van der Waals surface area contributed by atoms with Crippen LogP contribution >= 0.6 is 0 Å². The van der Waals surface area contributed by atoms with E-state index < -0.39 is 0 Å². The van der Waals surface area contributed by atoms with Gasteiger partial charge in [-0.25, -0.2) is 0 Å². The minimum atomic E-state index is -0.277. The number of rotatable bonds is 5. The highest BCUT2D eigenvalue weighted by Gasteiger charge is 2.42. The average molecular weight is 423 g/mol. The molecule has 1 saturated heterocycles. The Labute approximate surface area is 183 Å². The molecule has 0 unspecified atom stereocenters. The number of hydrogen-bond donors (Lipinski definition) is 2. The van der Waals surface area contributed by atoms with Crippen molar-refractivity contribution >= 4 is 28.5 Å². The van der Waals surface area contributed by atoms with Gasteiger partial charge >= 0.3 is 0 Å². The van der Waals surface area contributed by atoms with E-state index in [2.05, 4.69) is 38.3 Å². The number of quaternary nitrogens is 1. The van der Waals surface area contributed by atoms with Crippen molar-refractivity contribution in [3.05, 3.63) is 47.5 Å².